The molecule has 2 N–H and O–H groups in total. The number of nitrogens with one attached hydrogen (secondary N) is 2. The minimum atomic E-state index is 0.265. The van der Waals surface area contributed by atoms with Crippen molar-refractivity contribution in [1.82, 2.24) is 25.0 Å². The molecule has 1 saturated heterocycles. The molecule has 0 radical (unpaired) electrons. The topological polar surface area (TPSA) is 89.9 Å². The molecule has 0 spiro atoms. The molecule has 1 fully saturated rings. The second-order valence-electron chi connectivity index (χ2n) is 8.20. The number of H-pyrrole nitrogens is 1. The lowest BCUT2D eigenvalue weighted by Crippen LogP contribution is -2.24. The Balaban J connectivity index is 1.25. The van der Waals surface area contributed by atoms with Crippen molar-refractivity contribution in [3.05, 3.63) is 54.0 Å². The van der Waals surface area contributed by atoms with E-state index in [1.165, 1.54) is 6.42 Å². The number of anilines is 1. The fourth-order valence-corrected chi connectivity index (χ4v) is 5.00. The van der Waals surface area contributed by atoms with Gasteiger partial charge in [-0.1, -0.05) is 11.3 Å². The minimum Gasteiger partial charge on any atom is -0.497 e. The van der Waals surface area contributed by atoms with Crippen LogP contribution < -0.4 is 10.1 Å². The Morgan fingerprint density at radius 1 is 1.24 bits per heavy atom. The van der Waals surface area contributed by atoms with Crippen LogP contribution in [0.3, 0.4) is 0 Å². The zero-order valence-corrected chi connectivity index (χ0v) is 19.7. The number of hydrogen-bond donors (Lipinski definition) is 2. The molecular formula is C24H28N6O2S. The molecule has 0 bridgehead atoms. The molecule has 4 aromatic rings. The highest BCUT2D eigenvalue weighted by atomic mass is 32.1. The molecule has 1 atom stereocenters. The van der Waals surface area contributed by atoms with Gasteiger partial charge in [0.15, 0.2) is 5.13 Å². The van der Waals surface area contributed by atoms with E-state index in [0.717, 1.165) is 70.0 Å². The Morgan fingerprint density at radius 3 is 2.91 bits per heavy atom. The average Bonchev–Trinajstić information content (AvgIpc) is 3.58. The third-order valence-corrected chi connectivity index (χ3v) is 7.00. The van der Waals surface area contributed by atoms with Crippen molar-refractivity contribution in [1.29, 1.82) is 0 Å². The first-order valence-electron chi connectivity index (χ1n) is 11.2. The summed E-state index contributed by atoms with van der Waals surface area (Å²) in [6, 6.07) is 10.0. The lowest BCUT2D eigenvalue weighted by molar-refractivity contribution is 0.00403. The number of aryl methyl sites for hydroxylation is 1. The number of thiazole rings is 1. The van der Waals surface area contributed by atoms with Gasteiger partial charge in [0, 0.05) is 30.5 Å². The smallest absolute Gasteiger partial charge is 0.183 e. The highest BCUT2D eigenvalue weighted by molar-refractivity contribution is 7.19. The van der Waals surface area contributed by atoms with Crippen molar-refractivity contribution in [3.8, 4) is 27.6 Å². The summed E-state index contributed by atoms with van der Waals surface area (Å²) in [6.07, 6.45) is 7.65. The van der Waals surface area contributed by atoms with E-state index in [1.54, 1.807) is 18.4 Å². The molecule has 33 heavy (non-hydrogen) atoms. The maximum Gasteiger partial charge on any atom is 0.183 e. The van der Waals surface area contributed by atoms with Crippen LogP contribution in [0.25, 0.3) is 21.8 Å². The van der Waals surface area contributed by atoms with E-state index >= 15 is 0 Å². The summed E-state index contributed by atoms with van der Waals surface area (Å²) in [5.41, 5.74) is 5.06. The average molecular weight is 465 g/mol. The monoisotopic (exact) mass is 464 g/mol. The lowest BCUT2D eigenvalue weighted by Gasteiger charge is -2.22. The first-order valence-corrected chi connectivity index (χ1v) is 12.0. The van der Waals surface area contributed by atoms with Gasteiger partial charge in [-0.2, -0.15) is 10.2 Å². The maximum absolute atomic E-state index is 5.85. The van der Waals surface area contributed by atoms with E-state index in [0.29, 0.717) is 6.54 Å². The molecule has 0 saturated carbocycles. The van der Waals surface area contributed by atoms with Gasteiger partial charge in [-0.05, 0) is 56.5 Å². The molecule has 1 aliphatic rings. The predicted octanol–water partition coefficient (Wildman–Crippen LogP) is 4.89. The Morgan fingerprint density at radius 2 is 2.12 bits per heavy atom. The summed E-state index contributed by atoms with van der Waals surface area (Å²) in [4.78, 5) is 5.81. The quantitative estimate of drug-likeness (QED) is 0.386. The van der Waals surface area contributed by atoms with E-state index in [9.17, 15) is 0 Å². The number of rotatable bonds is 8. The van der Waals surface area contributed by atoms with Gasteiger partial charge in [-0.15, -0.1) is 0 Å². The predicted molar refractivity (Wildman–Crippen MR) is 130 cm³/mol. The van der Waals surface area contributed by atoms with Crippen molar-refractivity contribution in [2.75, 3.05) is 19.0 Å². The molecule has 1 aromatic carbocycles. The highest BCUT2D eigenvalue weighted by Gasteiger charge is 2.17. The van der Waals surface area contributed by atoms with Gasteiger partial charge in [0.05, 0.1) is 42.2 Å². The van der Waals surface area contributed by atoms with Crippen LogP contribution in [0.1, 0.15) is 30.5 Å². The van der Waals surface area contributed by atoms with Crippen LogP contribution in [-0.4, -0.2) is 44.8 Å². The largest absolute Gasteiger partial charge is 0.497 e. The van der Waals surface area contributed by atoms with Crippen LogP contribution in [0.4, 0.5) is 5.13 Å². The van der Waals surface area contributed by atoms with E-state index < -0.39 is 0 Å². The van der Waals surface area contributed by atoms with E-state index in [1.807, 2.05) is 48.3 Å². The summed E-state index contributed by atoms with van der Waals surface area (Å²) in [6.45, 7) is 4.31. The van der Waals surface area contributed by atoms with Gasteiger partial charge in [-0.3, -0.25) is 9.78 Å². The molecule has 1 aliphatic heterocycles. The van der Waals surface area contributed by atoms with Crippen LogP contribution in [0.2, 0.25) is 0 Å². The molecule has 0 amide bonds. The summed E-state index contributed by atoms with van der Waals surface area (Å²) >= 11 is 1.62. The Labute approximate surface area is 197 Å². The van der Waals surface area contributed by atoms with Crippen LogP contribution in [0.5, 0.6) is 5.75 Å². The standard InChI is InChI=1S/C24H28N6O2S/c1-16-23(21-10-11-30(29-21)15-20-5-3-4-12-32-20)33-24(27-16)25-13-18-14-26-28-22(18)17-6-8-19(31-2)9-7-17/h6-11,14,20H,3-5,12-13,15H2,1-2H3,(H,25,27)(H,26,28). The van der Waals surface area contributed by atoms with E-state index in [-0.39, 0.29) is 6.10 Å². The third-order valence-electron chi connectivity index (χ3n) is 5.86. The second-order valence-corrected chi connectivity index (χ2v) is 9.20. The first kappa shape index (κ1) is 21.7. The molecule has 5 rings (SSSR count). The summed E-state index contributed by atoms with van der Waals surface area (Å²) in [5, 5.41) is 16.4. The maximum atomic E-state index is 5.85. The van der Waals surface area contributed by atoms with Gasteiger partial charge in [-0.25, -0.2) is 4.98 Å². The van der Waals surface area contributed by atoms with Gasteiger partial charge in [0.25, 0.3) is 0 Å². The van der Waals surface area contributed by atoms with Crippen molar-refractivity contribution in [2.24, 2.45) is 0 Å². The van der Waals surface area contributed by atoms with Gasteiger partial charge in [0.1, 0.15) is 11.4 Å². The van der Waals surface area contributed by atoms with E-state index in [4.69, 9.17) is 19.6 Å². The Hall–Kier alpha value is -3.17. The van der Waals surface area contributed by atoms with Crippen LogP contribution >= 0.6 is 11.3 Å². The normalized spacial score (nSPS) is 16.1. The molecule has 0 aliphatic carbocycles. The van der Waals surface area contributed by atoms with Crippen molar-refractivity contribution < 1.29 is 9.47 Å². The first-order chi connectivity index (χ1) is 16.2. The molecule has 172 valence electrons. The Bertz CT molecular complexity index is 1190. The lowest BCUT2D eigenvalue weighted by atomic mass is 10.1. The molecular weight excluding hydrogens is 436 g/mol. The molecule has 4 heterocycles. The van der Waals surface area contributed by atoms with Gasteiger partial charge in [0.2, 0.25) is 0 Å². The molecule has 1 unspecified atom stereocenters. The zero-order valence-electron chi connectivity index (χ0n) is 18.9. The fourth-order valence-electron chi connectivity index (χ4n) is 4.08. The number of benzene rings is 1. The summed E-state index contributed by atoms with van der Waals surface area (Å²) < 4.78 is 13.1. The molecule has 8 nitrogen and oxygen atoms in total. The van der Waals surface area contributed by atoms with Crippen molar-refractivity contribution in [2.45, 2.75) is 45.4 Å². The minimum absolute atomic E-state index is 0.265. The number of methoxy groups -OCH3 is 1. The number of hydrogen-bond acceptors (Lipinski definition) is 7. The zero-order chi connectivity index (χ0) is 22.6. The number of nitrogens with zero attached hydrogens (tertiary/aromatic N) is 4. The van der Waals surface area contributed by atoms with Crippen molar-refractivity contribution >= 4 is 16.5 Å². The van der Waals surface area contributed by atoms with E-state index in [2.05, 4.69) is 21.6 Å². The SMILES string of the molecule is COc1ccc(-c2[nH]ncc2CNc2nc(C)c(-c3ccn(CC4CCCCO4)n3)s2)cc1. The number of aromatic nitrogens is 5. The van der Waals surface area contributed by atoms with Crippen molar-refractivity contribution in [3.63, 3.8) is 0 Å². The van der Waals surface area contributed by atoms with Gasteiger partial charge >= 0.3 is 0 Å². The number of ether oxygens (including phenoxy) is 2. The van der Waals surface area contributed by atoms with Crippen LogP contribution in [0, 0.1) is 6.92 Å². The summed E-state index contributed by atoms with van der Waals surface area (Å²) in [7, 11) is 1.67. The number of aromatic amines is 1. The molecule has 3 aromatic heterocycles. The van der Waals surface area contributed by atoms with Crippen LogP contribution in [0.15, 0.2) is 42.7 Å². The summed E-state index contributed by atoms with van der Waals surface area (Å²) in [5.74, 6) is 0.831. The highest BCUT2D eigenvalue weighted by Crippen LogP contribution is 2.32. The molecule has 9 heteroatoms. The van der Waals surface area contributed by atoms with Gasteiger partial charge < -0.3 is 14.8 Å². The van der Waals surface area contributed by atoms with Crippen LogP contribution in [-0.2, 0) is 17.8 Å². The third kappa shape index (κ3) is 4.94. The fraction of sp³-hybridized carbons (Fsp3) is 0.375. The second kappa shape index (κ2) is 9.76. The Kier molecular flexibility index (Phi) is 6.41.